The van der Waals surface area contributed by atoms with E-state index in [1.165, 1.54) is 29.5 Å². The van der Waals surface area contributed by atoms with Crippen LogP contribution in [-0.2, 0) is 13.0 Å². The Kier molecular flexibility index (Phi) is 4.69. The summed E-state index contributed by atoms with van der Waals surface area (Å²) < 4.78 is 0. The second-order valence-corrected chi connectivity index (χ2v) is 5.97. The molecule has 1 saturated carbocycles. The molecule has 0 aromatic heterocycles. The summed E-state index contributed by atoms with van der Waals surface area (Å²) in [5.74, 6) is 0.794. The van der Waals surface area contributed by atoms with Crippen LogP contribution in [0.2, 0.25) is 0 Å². The number of benzene rings is 2. The molecule has 0 heterocycles. The van der Waals surface area contributed by atoms with Crippen LogP contribution in [0.5, 0.6) is 0 Å². The Hall–Kier alpha value is -1.64. The van der Waals surface area contributed by atoms with E-state index in [0.29, 0.717) is 0 Å². The Morgan fingerprint density at radius 2 is 1.76 bits per heavy atom. The van der Waals surface area contributed by atoms with Crippen molar-refractivity contribution < 1.29 is 5.11 Å². The highest BCUT2D eigenvalue weighted by atomic mass is 16.3. The first kappa shape index (κ1) is 14.3. The fourth-order valence-electron chi connectivity index (χ4n) is 2.74. The molecule has 2 nitrogen and oxygen atoms in total. The summed E-state index contributed by atoms with van der Waals surface area (Å²) in [6, 6.07) is 19.3. The van der Waals surface area contributed by atoms with Gasteiger partial charge < -0.3 is 10.4 Å². The van der Waals surface area contributed by atoms with E-state index < -0.39 is 0 Å². The maximum absolute atomic E-state index is 9.56. The van der Waals surface area contributed by atoms with Gasteiger partial charge in [-0.25, -0.2) is 0 Å². The standard InChI is InChI=1S/C19H23NO/c21-14-19(12-15-5-2-1-3-6-15)20-13-16-7-4-8-18(11-16)17-9-10-17/h1-8,11,17,19-21H,9-10,12-14H2. The van der Waals surface area contributed by atoms with E-state index in [1.807, 2.05) is 18.2 Å². The van der Waals surface area contributed by atoms with Gasteiger partial charge in [0.05, 0.1) is 6.61 Å². The number of aliphatic hydroxyl groups is 1. The molecule has 2 heteroatoms. The first-order chi connectivity index (χ1) is 10.3. The van der Waals surface area contributed by atoms with Crippen molar-refractivity contribution in [2.45, 2.75) is 37.8 Å². The van der Waals surface area contributed by atoms with Crippen molar-refractivity contribution in [2.75, 3.05) is 6.61 Å². The largest absolute Gasteiger partial charge is 0.395 e. The summed E-state index contributed by atoms with van der Waals surface area (Å²) in [5, 5.41) is 13.0. The molecule has 1 atom stereocenters. The van der Waals surface area contributed by atoms with Gasteiger partial charge >= 0.3 is 0 Å². The summed E-state index contributed by atoms with van der Waals surface area (Å²) in [5.41, 5.74) is 4.04. The molecule has 1 aliphatic rings. The molecule has 0 aliphatic heterocycles. The van der Waals surface area contributed by atoms with E-state index in [2.05, 4.69) is 41.7 Å². The van der Waals surface area contributed by atoms with Crippen molar-refractivity contribution in [3.8, 4) is 0 Å². The average Bonchev–Trinajstić information content (AvgIpc) is 3.37. The van der Waals surface area contributed by atoms with Crippen LogP contribution in [0.25, 0.3) is 0 Å². The number of aliphatic hydroxyl groups excluding tert-OH is 1. The third-order valence-electron chi connectivity index (χ3n) is 4.14. The normalized spacial score (nSPS) is 15.9. The molecule has 0 amide bonds. The van der Waals surface area contributed by atoms with Crippen molar-refractivity contribution in [1.82, 2.24) is 5.32 Å². The summed E-state index contributed by atoms with van der Waals surface area (Å²) in [7, 11) is 0. The van der Waals surface area contributed by atoms with Crippen LogP contribution in [0, 0.1) is 0 Å². The lowest BCUT2D eigenvalue weighted by molar-refractivity contribution is 0.241. The Morgan fingerprint density at radius 1 is 1.00 bits per heavy atom. The SMILES string of the molecule is OCC(Cc1ccccc1)NCc1cccc(C2CC2)c1. The van der Waals surface area contributed by atoms with Crippen LogP contribution in [0.1, 0.15) is 35.4 Å². The second-order valence-electron chi connectivity index (χ2n) is 5.97. The highest BCUT2D eigenvalue weighted by Gasteiger charge is 2.23. The molecule has 1 fully saturated rings. The molecule has 1 aliphatic carbocycles. The monoisotopic (exact) mass is 281 g/mol. The van der Waals surface area contributed by atoms with Gasteiger partial charge in [-0.3, -0.25) is 0 Å². The molecule has 3 rings (SSSR count). The molecule has 2 aromatic rings. The minimum absolute atomic E-state index is 0.108. The Bertz CT molecular complexity index is 563. The zero-order chi connectivity index (χ0) is 14.5. The molecular weight excluding hydrogens is 258 g/mol. The molecule has 1 unspecified atom stereocenters. The second kappa shape index (κ2) is 6.88. The van der Waals surface area contributed by atoms with Gasteiger partial charge in [-0.15, -0.1) is 0 Å². The van der Waals surface area contributed by atoms with E-state index in [4.69, 9.17) is 0 Å². The summed E-state index contributed by atoms with van der Waals surface area (Å²) in [6.07, 6.45) is 3.54. The van der Waals surface area contributed by atoms with Crippen LogP contribution in [-0.4, -0.2) is 17.8 Å². The zero-order valence-electron chi connectivity index (χ0n) is 12.3. The minimum atomic E-state index is 0.108. The van der Waals surface area contributed by atoms with Crippen molar-refractivity contribution in [1.29, 1.82) is 0 Å². The summed E-state index contributed by atoms with van der Waals surface area (Å²) >= 11 is 0. The predicted molar refractivity (Wildman–Crippen MR) is 86.3 cm³/mol. The first-order valence-corrected chi connectivity index (χ1v) is 7.82. The molecule has 0 bridgehead atoms. The molecule has 2 N–H and O–H groups in total. The van der Waals surface area contributed by atoms with E-state index in [9.17, 15) is 5.11 Å². The lowest BCUT2D eigenvalue weighted by Gasteiger charge is -2.17. The van der Waals surface area contributed by atoms with E-state index in [1.54, 1.807) is 0 Å². The van der Waals surface area contributed by atoms with Crippen molar-refractivity contribution in [3.05, 3.63) is 71.3 Å². The van der Waals surface area contributed by atoms with Gasteiger partial charge in [0.15, 0.2) is 0 Å². The topological polar surface area (TPSA) is 32.3 Å². The van der Waals surface area contributed by atoms with Crippen molar-refractivity contribution in [2.24, 2.45) is 0 Å². The zero-order valence-corrected chi connectivity index (χ0v) is 12.3. The van der Waals surface area contributed by atoms with Crippen molar-refractivity contribution >= 4 is 0 Å². The van der Waals surface area contributed by atoms with Gasteiger partial charge in [-0.05, 0) is 41.9 Å². The van der Waals surface area contributed by atoms with Crippen LogP contribution >= 0.6 is 0 Å². The van der Waals surface area contributed by atoms with E-state index in [0.717, 1.165) is 18.9 Å². The molecular formula is C19H23NO. The maximum atomic E-state index is 9.56. The van der Waals surface area contributed by atoms with Crippen molar-refractivity contribution in [3.63, 3.8) is 0 Å². The molecule has 21 heavy (non-hydrogen) atoms. The Balaban J connectivity index is 1.56. The third kappa shape index (κ3) is 4.16. The smallest absolute Gasteiger partial charge is 0.0587 e. The average molecular weight is 281 g/mol. The highest BCUT2D eigenvalue weighted by molar-refractivity contribution is 5.29. The van der Waals surface area contributed by atoms with Gasteiger partial charge in [0.2, 0.25) is 0 Å². The summed E-state index contributed by atoms with van der Waals surface area (Å²) in [6.45, 7) is 0.982. The number of nitrogens with one attached hydrogen (secondary N) is 1. The van der Waals surface area contributed by atoms with E-state index >= 15 is 0 Å². The highest BCUT2D eigenvalue weighted by Crippen LogP contribution is 2.40. The van der Waals surface area contributed by atoms with Gasteiger partial charge in [0, 0.05) is 12.6 Å². The van der Waals surface area contributed by atoms with E-state index in [-0.39, 0.29) is 12.6 Å². The maximum Gasteiger partial charge on any atom is 0.0587 e. The molecule has 110 valence electrons. The molecule has 2 aromatic carbocycles. The fraction of sp³-hybridized carbons (Fsp3) is 0.368. The van der Waals surface area contributed by atoms with Crippen LogP contribution in [0.4, 0.5) is 0 Å². The molecule has 0 spiro atoms. The Morgan fingerprint density at radius 3 is 2.48 bits per heavy atom. The minimum Gasteiger partial charge on any atom is -0.395 e. The van der Waals surface area contributed by atoms with Crippen LogP contribution in [0.15, 0.2) is 54.6 Å². The summed E-state index contributed by atoms with van der Waals surface area (Å²) in [4.78, 5) is 0. The van der Waals surface area contributed by atoms with Gasteiger partial charge in [0.25, 0.3) is 0 Å². The first-order valence-electron chi connectivity index (χ1n) is 7.82. The number of hydrogen-bond acceptors (Lipinski definition) is 2. The predicted octanol–water partition coefficient (Wildman–Crippen LogP) is 3.26. The Labute approximate surface area is 126 Å². The fourth-order valence-corrected chi connectivity index (χ4v) is 2.74. The number of rotatable bonds is 7. The quantitative estimate of drug-likeness (QED) is 0.816. The number of hydrogen-bond donors (Lipinski definition) is 2. The van der Waals surface area contributed by atoms with Gasteiger partial charge in [-0.2, -0.15) is 0 Å². The van der Waals surface area contributed by atoms with Gasteiger partial charge in [0.1, 0.15) is 0 Å². The third-order valence-corrected chi connectivity index (χ3v) is 4.14. The van der Waals surface area contributed by atoms with Gasteiger partial charge in [-0.1, -0.05) is 54.6 Å². The van der Waals surface area contributed by atoms with Crippen LogP contribution < -0.4 is 5.32 Å². The lowest BCUT2D eigenvalue weighted by Crippen LogP contribution is -2.34. The molecule has 0 saturated heterocycles. The van der Waals surface area contributed by atoms with Crippen LogP contribution in [0.3, 0.4) is 0 Å². The lowest BCUT2D eigenvalue weighted by atomic mass is 10.0. The molecule has 0 radical (unpaired) electrons.